The van der Waals surface area contributed by atoms with Crippen molar-refractivity contribution in [2.24, 2.45) is 0 Å². The van der Waals surface area contributed by atoms with Crippen LogP contribution in [-0.2, 0) is 16.1 Å². The van der Waals surface area contributed by atoms with Crippen LogP contribution >= 0.6 is 0 Å². The lowest BCUT2D eigenvalue weighted by Crippen LogP contribution is -2.51. The van der Waals surface area contributed by atoms with Gasteiger partial charge in [0.15, 0.2) is 0 Å². The maximum absolute atomic E-state index is 12.5. The third-order valence-electron chi connectivity index (χ3n) is 5.10. The first-order valence-electron chi connectivity index (χ1n) is 9.43. The number of hydrogen-bond acceptors (Lipinski definition) is 4. The summed E-state index contributed by atoms with van der Waals surface area (Å²) in [5.41, 5.74) is 0.865. The molecule has 3 rings (SSSR count). The molecule has 7 heteroatoms. The maximum atomic E-state index is 12.5. The van der Waals surface area contributed by atoms with E-state index < -0.39 is 6.04 Å². The van der Waals surface area contributed by atoms with E-state index in [1.165, 1.54) is 32.4 Å². The number of aryl methyl sites for hydroxylation is 2. The van der Waals surface area contributed by atoms with Crippen LogP contribution in [0.4, 0.5) is 5.82 Å². The van der Waals surface area contributed by atoms with Crippen molar-refractivity contribution in [3.05, 3.63) is 11.8 Å². The Labute approximate surface area is 149 Å². The Hall–Kier alpha value is -1.89. The second kappa shape index (κ2) is 7.99. The Bertz CT molecular complexity index is 621. The minimum Gasteiger partial charge on any atom is -0.354 e. The number of nitrogens with one attached hydrogen (secondary N) is 1. The van der Waals surface area contributed by atoms with Crippen molar-refractivity contribution >= 4 is 17.6 Å². The van der Waals surface area contributed by atoms with Crippen molar-refractivity contribution in [1.82, 2.24) is 20.0 Å². The van der Waals surface area contributed by atoms with E-state index in [0.717, 1.165) is 24.5 Å². The summed E-state index contributed by atoms with van der Waals surface area (Å²) in [5.74, 6) is 0.618. The van der Waals surface area contributed by atoms with Crippen molar-refractivity contribution < 1.29 is 9.59 Å². The molecule has 0 aromatic carbocycles. The van der Waals surface area contributed by atoms with E-state index in [0.29, 0.717) is 19.5 Å². The number of amides is 2. The summed E-state index contributed by atoms with van der Waals surface area (Å²) in [4.78, 5) is 28.9. The van der Waals surface area contributed by atoms with Crippen molar-refractivity contribution in [2.45, 2.75) is 58.5 Å². The molecule has 7 nitrogen and oxygen atoms in total. The third-order valence-corrected chi connectivity index (χ3v) is 5.10. The molecule has 1 aromatic heterocycles. The maximum Gasteiger partial charge on any atom is 0.242 e. The molecule has 1 N–H and O–H groups in total. The molecule has 2 amide bonds. The Balaban J connectivity index is 1.50. The van der Waals surface area contributed by atoms with Crippen LogP contribution in [0.2, 0.25) is 0 Å². The van der Waals surface area contributed by atoms with Gasteiger partial charge in [0, 0.05) is 19.0 Å². The van der Waals surface area contributed by atoms with Crippen LogP contribution in [0.1, 0.15) is 44.7 Å². The number of piperidine rings is 1. The van der Waals surface area contributed by atoms with E-state index in [9.17, 15) is 9.59 Å². The van der Waals surface area contributed by atoms with Gasteiger partial charge >= 0.3 is 0 Å². The lowest BCUT2D eigenvalue weighted by atomic mass is 10.1. The number of nitrogens with zero attached hydrogens (tertiary/aromatic N) is 4. The van der Waals surface area contributed by atoms with E-state index in [2.05, 4.69) is 15.3 Å². The minimum atomic E-state index is -0.516. The van der Waals surface area contributed by atoms with Gasteiger partial charge in [-0.25, -0.2) is 4.68 Å². The van der Waals surface area contributed by atoms with Crippen LogP contribution in [0.5, 0.6) is 0 Å². The smallest absolute Gasteiger partial charge is 0.242 e. The van der Waals surface area contributed by atoms with Gasteiger partial charge in [-0.2, -0.15) is 5.10 Å². The minimum absolute atomic E-state index is 0.0108. The zero-order chi connectivity index (χ0) is 17.8. The molecule has 0 spiro atoms. The predicted molar refractivity (Wildman–Crippen MR) is 96.4 cm³/mol. The summed E-state index contributed by atoms with van der Waals surface area (Å²) >= 11 is 0. The van der Waals surface area contributed by atoms with E-state index >= 15 is 0 Å². The molecule has 0 saturated carbocycles. The van der Waals surface area contributed by atoms with Gasteiger partial charge in [0.1, 0.15) is 11.9 Å². The first kappa shape index (κ1) is 17.9. The molecule has 0 radical (unpaired) electrons. The highest BCUT2D eigenvalue weighted by atomic mass is 16.2. The summed E-state index contributed by atoms with van der Waals surface area (Å²) in [7, 11) is 0. The fraction of sp³-hybridized carbons (Fsp3) is 0.722. The molecular formula is C18H29N5O2. The molecule has 1 fully saturated rings. The molecule has 0 bridgehead atoms. The van der Waals surface area contributed by atoms with Gasteiger partial charge in [-0.15, -0.1) is 0 Å². The molecule has 1 saturated heterocycles. The molecule has 0 unspecified atom stereocenters. The lowest BCUT2D eigenvalue weighted by molar-refractivity contribution is -0.126. The highest BCUT2D eigenvalue weighted by Gasteiger charge is 2.32. The van der Waals surface area contributed by atoms with E-state index in [1.54, 1.807) is 11.8 Å². The average Bonchev–Trinajstić information content (AvgIpc) is 2.99. The number of fused-ring (bicyclic) bond motifs is 1. The van der Waals surface area contributed by atoms with Gasteiger partial charge < -0.3 is 10.2 Å². The predicted octanol–water partition coefficient (Wildman–Crippen LogP) is 1.31. The molecule has 1 atom stereocenters. The van der Waals surface area contributed by atoms with Crippen molar-refractivity contribution in [3.8, 4) is 0 Å². The van der Waals surface area contributed by atoms with E-state index in [-0.39, 0.29) is 11.8 Å². The molecular weight excluding hydrogens is 318 g/mol. The molecule has 0 aliphatic carbocycles. The van der Waals surface area contributed by atoms with Crippen LogP contribution in [0.3, 0.4) is 0 Å². The number of likely N-dealkylation sites (tertiary alicyclic amines) is 1. The van der Waals surface area contributed by atoms with Crippen molar-refractivity contribution in [3.63, 3.8) is 0 Å². The number of hydrogen-bond donors (Lipinski definition) is 1. The molecule has 2 aliphatic rings. The Morgan fingerprint density at radius 3 is 2.80 bits per heavy atom. The highest BCUT2D eigenvalue weighted by Crippen LogP contribution is 2.24. The van der Waals surface area contributed by atoms with Gasteiger partial charge in [-0.1, -0.05) is 6.42 Å². The zero-order valence-electron chi connectivity index (χ0n) is 15.3. The number of carbonyl (C=O) groups excluding carboxylic acids is 2. The van der Waals surface area contributed by atoms with Crippen molar-refractivity contribution in [2.75, 3.05) is 31.1 Å². The number of aromatic nitrogens is 2. The normalized spacial score (nSPS) is 19.6. The number of rotatable bonds is 6. The number of carbonyl (C=O) groups is 2. The molecule has 138 valence electrons. The summed E-state index contributed by atoms with van der Waals surface area (Å²) in [6, 6.07) is 1.36. The van der Waals surface area contributed by atoms with Gasteiger partial charge in [0.25, 0.3) is 0 Å². The van der Waals surface area contributed by atoms with Gasteiger partial charge in [-0.3, -0.25) is 14.5 Å². The molecule has 1 aromatic rings. The van der Waals surface area contributed by atoms with E-state index in [4.69, 9.17) is 0 Å². The van der Waals surface area contributed by atoms with Crippen LogP contribution in [0.25, 0.3) is 0 Å². The van der Waals surface area contributed by atoms with Crippen LogP contribution in [-0.4, -0.2) is 58.7 Å². The molecule has 25 heavy (non-hydrogen) atoms. The Kier molecular flexibility index (Phi) is 5.73. The Morgan fingerprint density at radius 2 is 2.04 bits per heavy atom. The lowest BCUT2D eigenvalue weighted by Gasteiger charge is -2.32. The van der Waals surface area contributed by atoms with E-state index in [1.807, 2.05) is 17.7 Å². The second-order valence-electron chi connectivity index (χ2n) is 7.10. The second-order valence-corrected chi connectivity index (χ2v) is 7.10. The van der Waals surface area contributed by atoms with Crippen LogP contribution in [0.15, 0.2) is 6.07 Å². The van der Waals surface area contributed by atoms with Gasteiger partial charge in [-0.05, 0) is 52.7 Å². The molecule has 3 heterocycles. The third kappa shape index (κ3) is 4.21. The van der Waals surface area contributed by atoms with Crippen LogP contribution < -0.4 is 10.2 Å². The highest BCUT2D eigenvalue weighted by molar-refractivity contribution is 6.00. The molecule has 2 aliphatic heterocycles. The standard InChI is InChI=1S/C18H29N5O2/c1-14-13-16-22(20-14)12-7-17(24)23(16)15(2)18(25)19-8-6-11-21-9-4-3-5-10-21/h13,15H,3-12H2,1-2H3,(H,19,25)/t15-/m0/s1. The SMILES string of the molecule is Cc1cc2n(n1)CCC(=O)N2[C@@H](C)C(=O)NCCCN1CCCCC1. The quantitative estimate of drug-likeness (QED) is 0.788. The summed E-state index contributed by atoms with van der Waals surface area (Å²) in [6.45, 7) is 8.31. The van der Waals surface area contributed by atoms with Crippen molar-refractivity contribution in [1.29, 1.82) is 0 Å². The van der Waals surface area contributed by atoms with Crippen LogP contribution in [0, 0.1) is 6.92 Å². The first-order chi connectivity index (χ1) is 12.1. The Morgan fingerprint density at radius 1 is 1.28 bits per heavy atom. The largest absolute Gasteiger partial charge is 0.354 e. The average molecular weight is 347 g/mol. The topological polar surface area (TPSA) is 70.5 Å². The van der Waals surface area contributed by atoms with Gasteiger partial charge in [0.2, 0.25) is 11.8 Å². The zero-order valence-corrected chi connectivity index (χ0v) is 15.3. The fourth-order valence-corrected chi connectivity index (χ4v) is 3.72. The summed E-state index contributed by atoms with van der Waals surface area (Å²) in [6.07, 6.45) is 5.25. The summed E-state index contributed by atoms with van der Waals surface area (Å²) < 4.78 is 1.82. The first-order valence-corrected chi connectivity index (χ1v) is 9.43. The fourth-order valence-electron chi connectivity index (χ4n) is 3.72. The van der Waals surface area contributed by atoms with Gasteiger partial charge in [0.05, 0.1) is 12.2 Å². The monoisotopic (exact) mass is 347 g/mol. The number of anilines is 1. The summed E-state index contributed by atoms with van der Waals surface area (Å²) in [5, 5.41) is 7.38.